The number of benzene rings is 1. The van der Waals surface area contributed by atoms with E-state index >= 15 is 0 Å². The summed E-state index contributed by atoms with van der Waals surface area (Å²) in [6.07, 6.45) is 8.86. The lowest BCUT2D eigenvalue weighted by Crippen LogP contribution is -2.20. The second-order valence-electron chi connectivity index (χ2n) is 5.13. The Morgan fingerprint density at radius 3 is 2.67 bits per heavy atom. The topological polar surface area (TPSA) is 32.3 Å². The van der Waals surface area contributed by atoms with E-state index in [4.69, 9.17) is 0 Å². The van der Waals surface area contributed by atoms with Crippen LogP contribution in [0.2, 0.25) is 0 Å². The van der Waals surface area contributed by atoms with Gasteiger partial charge in [-0.2, -0.15) is 0 Å². The molecule has 0 amide bonds. The van der Waals surface area contributed by atoms with Gasteiger partial charge < -0.3 is 10.4 Å². The zero-order valence-corrected chi connectivity index (χ0v) is 11.2. The summed E-state index contributed by atoms with van der Waals surface area (Å²) in [7, 11) is 0. The molecule has 0 heterocycles. The lowest BCUT2D eigenvalue weighted by atomic mass is 9.97. The molecule has 98 valence electrons. The second-order valence-corrected chi connectivity index (χ2v) is 5.13. The lowest BCUT2D eigenvalue weighted by molar-refractivity contribution is 0.474. The Balaban J connectivity index is 1.76. The van der Waals surface area contributed by atoms with Crippen molar-refractivity contribution >= 4 is 0 Å². The molecule has 1 atom stereocenters. The molecule has 1 unspecified atom stereocenters. The predicted molar refractivity (Wildman–Crippen MR) is 75.7 cm³/mol. The SMILES string of the molecule is CC(NCCC1=CCCCC1)c1ccc(O)cc1. The molecule has 0 radical (unpaired) electrons. The Labute approximate surface area is 110 Å². The third-order valence-corrected chi connectivity index (χ3v) is 3.67. The molecule has 2 heteroatoms. The van der Waals surface area contributed by atoms with Crippen LogP contribution in [0.1, 0.15) is 50.6 Å². The second kappa shape index (κ2) is 6.60. The summed E-state index contributed by atoms with van der Waals surface area (Å²) in [5.41, 5.74) is 2.84. The van der Waals surface area contributed by atoms with Crippen molar-refractivity contribution in [3.63, 3.8) is 0 Å². The van der Waals surface area contributed by atoms with Gasteiger partial charge in [0.2, 0.25) is 0 Å². The summed E-state index contributed by atoms with van der Waals surface area (Å²) in [6, 6.07) is 7.79. The Morgan fingerprint density at radius 1 is 1.22 bits per heavy atom. The molecule has 1 aliphatic rings. The van der Waals surface area contributed by atoms with E-state index in [1.54, 1.807) is 17.7 Å². The molecule has 0 fully saturated rings. The number of phenols is 1. The van der Waals surface area contributed by atoms with Gasteiger partial charge in [-0.3, -0.25) is 0 Å². The zero-order chi connectivity index (χ0) is 12.8. The summed E-state index contributed by atoms with van der Waals surface area (Å²) >= 11 is 0. The molecule has 0 bridgehead atoms. The molecule has 18 heavy (non-hydrogen) atoms. The quantitative estimate of drug-likeness (QED) is 0.770. The minimum Gasteiger partial charge on any atom is -0.508 e. The molecule has 2 nitrogen and oxygen atoms in total. The Morgan fingerprint density at radius 2 is 2.00 bits per heavy atom. The van der Waals surface area contributed by atoms with Gasteiger partial charge in [0.05, 0.1) is 0 Å². The lowest BCUT2D eigenvalue weighted by Gasteiger charge is -2.17. The smallest absolute Gasteiger partial charge is 0.115 e. The van der Waals surface area contributed by atoms with Gasteiger partial charge in [-0.1, -0.05) is 23.8 Å². The molecule has 0 saturated carbocycles. The fourth-order valence-electron chi connectivity index (χ4n) is 2.46. The maximum Gasteiger partial charge on any atom is 0.115 e. The highest BCUT2D eigenvalue weighted by Crippen LogP contribution is 2.20. The van der Waals surface area contributed by atoms with Crippen molar-refractivity contribution in [2.75, 3.05) is 6.54 Å². The van der Waals surface area contributed by atoms with Crippen molar-refractivity contribution in [2.24, 2.45) is 0 Å². The fourth-order valence-corrected chi connectivity index (χ4v) is 2.46. The number of phenolic OH excluding ortho intramolecular Hbond substituents is 1. The number of hydrogen-bond donors (Lipinski definition) is 2. The van der Waals surface area contributed by atoms with Gasteiger partial charge in [-0.05, 0) is 63.3 Å². The van der Waals surface area contributed by atoms with E-state index in [-0.39, 0.29) is 0 Å². The first-order chi connectivity index (χ1) is 8.75. The van der Waals surface area contributed by atoms with E-state index in [2.05, 4.69) is 18.3 Å². The van der Waals surface area contributed by atoms with Gasteiger partial charge in [0, 0.05) is 6.04 Å². The molecule has 0 saturated heterocycles. The third-order valence-electron chi connectivity index (χ3n) is 3.67. The van der Waals surface area contributed by atoms with Crippen molar-refractivity contribution in [3.05, 3.63) is 41.5 Å². The highest BCUT2D eigenvalue weighted by molar-refractivity contribution is 5.27. The van der Waals surface area contributed by atoms with Gasteiger partial charge in [-0.25, -0.2) is 0 Å². The van der Waals surface area contributed by atoms with E-state index in [0.717, 1.165) is 6.54 Å². The van der Waals surface area contributed by atoms with E-state index in [9.17, 15) is 5.11 Å². The van der Waals surface area contributed by atoms with Crippen LogP contribution in [0.15, 0.2) is 35.9 Å². The highest BCUT2D eigenvalue weighted by atomic mass is 16.3. The van der Waals surface area contributed by atoms with Crippen LogP contribution >= 0.6 is 0 Å². The number of aromatic hydroxyl groups is 1. The van der Waals surface area contributed by atoms with Crippen molar-refractivity contribution < 1.29 is 5.11 Å². The average molecular weight is 245 g/mol. The maximum atomic E-state index is 9.26. The zero-order valence-electron chi connectivity index (χ0n) is 11.2. The number of nitrogens with one attached hydrogen (secondary N) is 1. The molecular formula is C16H23NO. The van der Waals surface area contributed by atoms with Gasteiger partial charge in [0.15, 0.2) is 0 Å². The molecule has 1 aromatic rings. The monoisotopic (exact) mass is 245 g/mol. The Kier molecular flexibility index (Phi) is 4.82. The first kappa shape index (κ1) is 13.2. The molecule has 2 rings (SSSR count). The van der Waals surface area contributed by atoms with Crippen LogP contribution in [0.5, 0.6) is 5.75 Å². The average Bonchev–Trinajstić information content (AvgIpc) is 2.40. The van der Waals surface area contributed by atoms with Crippen molar-refractivity contribution in [1.82, 2.24) is 5.32 Å². The maximum absolute atomic E-state index is 9.26. The third kappa shape index (κ3) is 3.88. The van der Waals surface area contributed by atoms with Crippen LogP contribution in [0.3, 0.4) is 0 Å². The van der Waals surface area contributed by atoms with Gasteiger partial charge in [0.25, 0.3) is 0 Å². The Hall–Kier alpha value is -1.28. The first-order valence-corrected chi connectivity index (χ1v) is 6.96. The van der Waals surface area contributed by atoms with E-state index in [1.807, 2.05) is 12.1 Å². The van der Waals surface area contributed by atoms with Crippen molar-refractivity contribution in [1.29, 1.82) is 0 Å². The predicted octanol–water partition coefficient (Wildman–Crippen LogP) is 3.93. The molecule has 1 aromatic carbocycles. The molecule has 0 aliphatic heterocycles. The molecule has 0 aromatic heterocycles. The van der Waals surface area contributed by atoms with Crippen LogP contribution in [-0.2, 0) is 0 Å². The fraction of sp³-hybridized carbons (Fsp3) is 0.500. The van der Waals surface area contributed by atoms with Crippen LogP contribution in [0.25, 0.3) is 0 Å². The standard InChI is InChI=1S/C16H23NO/c1-13(15-7-9-16(18)10-8-15)17-12-11-14-5-3-2-4-6-14/h5,7-10,13,17-18H,2-4,6,11-12H2,1H3. The number of allylic oxidation sites excluding steroid dienone is 1. The van der Waals surface area contributed by atoms with Gasteiger partial charge >= 0.3 is 0 Å². The molecule has 2 N–H and O–H groups in total. The minimum atomic E-state index is 0.332. The van der Waals surface area contributed by atoms with E-state index in [0.29, 0.717) is 11.8 Å². The van der Waals surface area contributed by atoms with Gasteiger partial charge in [-0.15, -0.1) is 0 Å². The summed E-state index contributed by atoms with van der Waals surface area (Å²) in [5.74, 6) is 0.332. The van der Waals surface area contributed by atoms with Crippen LogP contribution in [-0.4, -0.2) is 11.7 Å². The largest absolute Gasteiger partial charge is 0.508 e. The normalized spacial score (nSPS) is 17.3. The summed E-state index contributed by atoms with van der Waals surface area (Å²) in [6.45, 7) is 3.20. The van der Waals surface area contributed by atoms with Crippen LogP contribution in [0, 0.1) is 0 Å². The van der Waals surface area contributed by atoms with Crippen molar-refractivity contribution in [3.8, 4) is 5.75 Å². The molecule has 0 spiro atoms. The van der Waals surface area contributed by atoms with E-state index < -0.39 is 0 Å². The summed E-state index contributed by atoms with van der Waals surface area (Å²) < 4.78 is 0. The van der Waals surface area contributed by atoms with E-state index in [1.165, 1.54) is 37.7 Å². The molecule has 1 aliphatic carbocycles. The van der Waals surface area contributed by atoms with Crippen LogP contribution in [0.4, 0.5) is 0 Å². The highest BCUT2D eigenvalue weighted by Gasteiger charge is 2.06. The van der Waals surface area contributed by atoms with Gasteiger partial charge in [0.1, 0.15) is 5.75 Å². The number of rotatable bonds is 5. The summed E-state index contributed by atoms with van der Waals surface area (Å²) in [4.78, 5) is 0. The first-order valence-electron chi connectivity index (χ1n) is 6.96. The minimum absolute atomic E-state index is 0.332. The summed E-state index contributed by atoms with van der Waals surface area (Å²) in [5, 5.41) is 12.8. The number of hydrogen-bond acceptors (Lipinski definition) is 2. The molecular weight excluding hydrogens is 222 g/mol. The Bertz CT molecular complexity index is 394. The van der Waals surface area contributed by atoms with Crippen LogP contribution < -0.4 is 5.32 Å². The van der Waals surface area contributed by atoms with Crippen molar-refractivity contribution in [2.45, 2.75) is 45.1 Å².